The fraction of sp³-hybridized carbons (Fsp3) is 0.241. The summed E-state index contributed by atoms with van der Waals surface area (Å²) in [5.74, 6) is 0.709. The molecule has 0 aromatic heterocycles. The second kappa shape index (κ2) is 29.3. The van der Waals surface area contributed by atoms with E-state index in [9.17, 15) is 0 Å². The summed E-state index contributed by atoms with van der Waals surface area (Å²) in [7, 11) is 0. The molecule has 0 heterocycles. The zero-order valence-electron chi connectivity index (χ0n) is 49.3. The van der Waals surface area contributed by atoms with Crippen molar-refractivity contribution in [2.24, 2.45) is 0 Å². The second-order valence-corrected chi connectivity index (χ2v) is 21.1. The van der Waals surface area contributed by atoms with E-state index in [2.05, 4.69) is 286 Å². The van der Waals surface area contributed by atoms with Crippen LogP contribution in [-0.4, -0.2) is 0 Å². The number of aryl methyl sites for hydroxylation is 4. The second-order valence-electron chi connectivity index (χ2n) is 21.1. The first-order valence-corrected chi connectivity index (χ1v) is 29.3. The molecule has 0 saturated heterocycles. The van der Waals surface area contributed by atoms with Gasteiger partial charge >= 0.3 is 0 Å². The van der Waals surface area contributed by atoms with E-state index in [0.717, 1.165) is 32.1 Å². The third-order valence-corrected chi connectivity index (χ3v) is 15.8. The van der Waals surface area contributed by atoms with Crippen LogP contribution in [-0.2, 0) is 5.41 Å². The molecular formula is C79H86. The Morgan fingerprint density at radius 3 is 1.85 bits per heavy atom. The lowest BCUT2D eigenvalue weighted by Gasteiger charge is -2.39. The topological polar surface area (TPSA) is 0 Å². The van der Waals surface area contributed by atoms with Gasteiger partial charge in [0.05, 0.1) is 5.41 Å². The number of hydrogen-bond acceptors (Lipinski definition) is 0. The minimum Gasteiger partial charge on any atom is -0.0984 e. The SMILES string of the molecule is C=Cc1ccccc1/C(C)=C\CCC.CC.CCC(C)c1ccccc1.Cc1ccc(-c2cccc(-c3ccc(-c4ccccc4C)c(C)c3)c2)cc1.Cc1ccc2c(c1)C(C1=CC=CCC1)(c1ccccc1)C1=C2C=CCC1. The van der Waals surface area contributed by atoms with E-state index < -0.39 is 0 Å². The van der Waals surface area contributed by atoms with Gasteiger partial charge in [-0.25, -0.2) is 0 Å². The summed E-state index contributed by atoms with van der Waals surface area (Å²) in [6.45, 7) is 25.4. The lowest BCUT2D eigenvalue weighted by molar-refractivity contribution is 0.644. The Morgan fingerprint density at radius 2 is 1.18 bits per heavy atom. The normalized spacial score (nSPS) is 15.2. The Bertz CT molecular complexity index is 3400. The van der Waals surface area contributed by atoms with Crippen molar-refractivity contribution < 1.29 is 0 Å². The molecule has 0 saturated carbocycles. The third kappa shape index (κ3) is 14.3. The van der Waals surface area contributed by atoms with Gasteiger partial charge in [0.15, 0.2) is 0 Å². The highest BCUT2D eigenvalue weighted by atomic mass is 14.5. The number of allylic oxidation sites excluding steroid dienone is 10. The summed E-state index contributed by atoms with van der Waals surface area (Å²) in [6.07, 6.45) is 24.0. The van der Waals surface area contributed by atoms with Gasteiger partial charge in [0.1, 0.15) is 0 Å². The van der Waals surface area contributed by atoms with E-state index in [-0.39, 0.29) is 5.41 Å². The van der Waals surface area contributed by atoms with Crippen LogP contribution in [0.5, 0.6) is 0 Å². The van der Waals surface area contributed by atoms with Crippen molar-refractivity contribution in [3.63, 3.8) is 0 Å². The smallest absolute Gasteiger partial charge is 0.0639 e. The molecule has 0 N–H and O–H groups in total. The largest absolute Gasteiger partial charge is 0.0984 e. The molecule has 2 atom stereocenters. The summed E-state index contributed by atoms with van der Waals surface area (Å²) < 4.78 is 0. The molecule has 0 aliphatic heterocycles. The molecule has 402 valence electrons. The molecule has 3 aliphatic rings. The van der Waals surface area contributed by atoms with E-state index in [1.54, 1.807) is 11.1 Å². The molecule has 0 radical (unpaired) electrons. The van der Waals surface area contributed by atoms with E-state index in [0.29, 0.717) is 5.92 Å². The molecule has 3 aliphatic carbocycles. The molecule has 8 aromatic rings. The van der Waals surface area contributed by atoms with Crippen LogP contribution < -0.4 is 0 Å². The lowest BCUT2D eigenvalue weighted by Crippen LogP contribution is -2.32. The predicted octanol–water partition coefficient (Wildman–Crippen LogP) is 23.0. The Balaban J connectivity index is 0.000000161. The van der Waals surface area contributed by atoms with Gasteiger partial charge in [-0.2, -0.15) is 0 Å². The van der Waals surface area contributed by atoms with Crippen LogP contribution >= 0.6 is 0 Å². The van der Waals surface area contributed by atoms with Crippen LogP contribution in [0.2, 0.25) is 0 Å². The van der Waals surface area contributed by atoms with Gasteiger partial charge in [0.2, 0.25) is 0 Å². The molecule has 0 heteroatoms. The molecule has 0 nitrogen and oxygen atoms in total. The first kappa shape index (κ1) is 58.9. The maximum absolute atomic E-state index is 3.83. The van der Waals surface area contributed by atoms with Crippen molar-refractivity contribution in [3.05, 3.63) is 304 Å². The fourth-order valence-electron chi connectivity index (χ4n) is 11.3. The molecule has 0 spiro atoms. The minimum atomic E-state index is -0.0898. The Morgan fingerprint density at radius 1 is 0.570 bits per heavy atom. The zero-order chi connectivity index (χ0) is 56.2. The van der Waals surface area contributed by atoms with Crippen molar-refractivity contribution in [2.75, 3.05) is 0 Å². The van der Waals surface area contributed by atoms with Crippen molar-refractivity contribution in [2.45, 2.75) is 126 Å². The van der Waals surface area contributed by atoms with Gasteiger partial charge in [-0.15, -0.1) is 0 Å². The third-order valence-electron chi connectivity index (χ3n) is 15.8. The Hall–Kier alpha value is -7.80. The van der Waals surface area contributed by atoms with E-state index in [4.69, 9.17) is 0 Å². The summed E-state index contributed by atoms with van der Waals surface area (Å²) in [5, 5.41) is 0. The van der Waals surface area contributed by atoms with Crippen LogP contribution in [0.25, 0.3) is 50.6 Å². The summed E-state index contributed by atoms with van der Waals surface area (Å²) in [4.78, 5) is 0. The molecule has 2 unspecified atom stereocenters. The number of benzene rings is 8. The van der Waals surface area contributed by atoms with Crippen LogP contribution in [0.3, 0.4) is 0 Å². The average Bonchev–Trinajstić information content (AvgIpc) is 4.07. The summed E-state index contributed by atoms with van der Waals surface area (Å²) >= 11 is 0. The van der Waals surface area contributed by atoms with Gasteiger partial charge in [-0.3, -0.25) is 0 Å². The maximum Gasteiger partial charge on any atom is 0.0639 e. The van der Waals surface area contributed by atoms with Gasteiger partial charge in [-0.05, 0) is 180 Å². The highest BCUT2D eigenvalue weighted by Crippen LogP contribution is 2.58. The summed E-state index contributed by atoms with van der Waals surface area (Å²) in [6, 6.07) is 70.2. The molecular weight excluding hydrogens is 949 g/mol. The quantitative estimate of drug-likeness (QED) is 0.121. The van der Waals surface area contributed by atoms with E-state index in [1.165, 1.54) is 113 Å². The van der Waals surface area contributed by atoms with Crippen molar-refractivity contribution in [1.29, 1.82) is 0 Å². The molecule has 11 rings (SSSR count). The van der Waals surface area contributed by atoms with Crippen LogP contribution in [0, 0.1) is 27.7 Å². The van der Waals surface area contributed by atoms with Gasteiger partial charge in [-0.1, -0.05) is 295 Å². The monoisotopic (exact) mass is 1030 g/mol. The van der Waals surface area contributed by atoms with Crippen molar-refractivity contribution in [3.8, 4) is 33.4 Å². The number of hydrogen-bond donors (Lipinski definition) is 0. The van der Waals surface area contributed by atoms with Crippen LogP contribution in [0.1, 0.15) is 148 Å². The molecule has 0 bridgehead atoms. The van der Waals surface area contributed by atoms with Gasteiger partial charge in [0.25, 0.3) is 0 Å². The first-order valence-electron chi connectivity index (χ1n) is 29.3. The van der Waals surface area contributed by atoms with E-state index >= 15 is 0 Å². The average molecular weight is 1040 g/mol. The highest BCUT2D eigenvalue weighted by Gasteiger charge is 2.48. The van der Waals surface area contributed by atoms with Gasteiger partial charge < -0.3 is 0 Å². The number of fused-ring (bicyclic) bond motifs is 2. The van der Waals surface area contributed by atoms with Crippen molar-refractivity contribution >= 4 is 17.2 Å². The number of unbranched alkanes of at least 4 members (excludes halogenated alkanes) is 1. The summed E-state index contributed by atoms with van der Waals surface area (Å²) in [5.41, 5.74) is 27.1. The minimum absolute atomic E-state index is 0.0898. The van der Waals surface area contributed by atoms with Crippen molar-refractivity contribution in [1.82, 2.24) is 0 Å². The molecule has 79 heavy (non-hydrogen) atoms. The van der Waals surface area contributed by atoms with Crippen LogP contribution in [0.4, 0.5) is 0 Å². The standard InChI is InChI=1S/C27H24.C26H24.C14H18.C10H14.C2H6/c1-19-11-13-22(14-12-19)23-8-6-9-24(18-23)25-15-16-27(21(3)17-25)26-10-5-4-7-20(26)2;1-19-16-17-23-22-14-8-9-15-24(22)26(25(23)18-19,20-10-4-2-5-11-20)21-12-6-3-7-13-21;1-4-6-9-12(3)14-11-8-7-10-13(14)5-2;1-3-9(2)10-7-5-4-6-8-10;1-2/h4-18H,1-3H3;2-6,8,10-12,14,16-18H,7,9,13,15H2,1H3;5,7-11H,2,4,6H2,1,3H3;4-9H,3H2,1-2H3;1-2H3/b;;12-9-;;. The molecule has 0 amide bonds. The Kier molecular flexibility index (Phi) is 21.8. The first-order chi connectivity index (χ1) is 38.6. The lowest BCUT2D eigenvalue weighted by atomic mass is 9.63. The van der Waals surface area contributed by atoms with Crippen LogP contribution in [0.15, 0.2) is 248 Å². The molecule has 8 aromatic carbocycles. The molecule has 0 fully saturated rings. The van der Waals surface area contributed by atoms with E-state index in [1.807, 2.05) is 26.0 Å². The fourth-order valence-corrected chi connectivity index (χ4v) is 11.3. The zero-order valence-corrected chi connectivity index (χ0v) is 49.3. The highest BCUT2D eigenvalue weighted by molar-refractivity contribution is 5.91. The maximum atomic E-state index is 3.83. The number of rotatable bonds is 11. The Labute approximate surface area is 477 Å². The predicted molar refractivity (Wildman–Crippen MR) is 349 cm³/mol. The van der Waals surface area contributed by atoms with Gasteiger partial charge in [0, 0.05) is 0 Å².